The molecule has 32 heavy (non-hydrogen) atoms. The Morgan fingerprint density at radius 1 is 1.19 bits per heavy atom. The lowest BCUT2D eigenvalue weighted by Gasteiger charge is -2.39. The highest BCUT2D eigenvalue weighted by atomic mass is 32.2. The number of sulfonamides is 1. The third-order valence-corrected chi connectivity index (χ3v) is 6.98. The van der Waals surface area contributed by atoms with Crippen molar-refractivity contribution in [1.82, 2.24) is 14.2 Å². The number of nitrogens with one attached hydrogen (secondary N) is 1. The van der Waals surface area contributed by atoms with Gasteiger partial charge in [-0.05, 0) is 38.0 Å². The van der Waals surface area contributed by atoms with Crippen molar-refractivity contribution < 1.29 is 26.7 Å². The second kappa shape index (κ2) is 8.62. The number of ether oxygens (including phenoxy) is 1. The van der Waals surface area contributed by atoms with Gasteiger partial charge in [0, 0.05) is 30.8 Å². The molecular weight excluding hydrogens is 444 g/mol. The van der Waals surface area contributed by atoms with Gasteiger partial charge in [-0.15, -0.1) is 0 Å². The number of carbonyl (C=O) groups excluding carboxylic acids is 1. The van der Waals surface area contributed by atoms with Gasteiger partial charge in [0.1, 0.15) is 23.5 Å². The molecule has 0 atom stereocenters. The average molecular weight is 467 g/mol. The van der Waals surface area contributed by atoms with Gasteiger partial charge >= 0.3 is 0 Å². The summed E-state index contributed by atoms with van der Waals surface area (Å²) in [5.41, 5.74) is 0.731. The van der Waals surface area contributed by atoms with Crippen LogP contribution in [0.4, 0.5) is 8.78 Å². The van der Waals surface area contributed by atoms with E-state index < -0.39 is 26.6 Å². The summed E-state index contributed by atoms with van der Waals surface area (Å²) >= 11 is 0. The van der Waals surface area contributed by atoms with Gasteiger partial charge in [0.2, 0.25) is 15.9 Å². The molecule has 172 valence electrons. The molecule has 1 saturated carbocycles. The minimum absolute atomic E-state index is 0.103. The predicted molar refractivity (Wildman–Crippen MR) is 111 cm³/mol. The first-order valence-electron chi connectivity index (χ1n) is 10.3. The summed E-state index contributed by atoms with van der Waals surface area (Å²) < 4.78 is 61.2. The first-order chi connectivity index (χ1) is 15.2. The summed E-state index contributed by atoms with van der Waals surface area (Å²) in [4.78, 5) is 24.9. The number of carbonyl (C=O) groups is 1. The second-order valence-electron chi connectivity index (χ2n) is 8.01. The van der Waals surface area contributed by atoms with Crippen LogP contribution in [0.3, 0.4) is 0 Å². The van der Waals surface area contributed by atoms with Crippen molar-refractivity contribution in [3.05, 3.63) is 58.0 Å². The maximum atomic E-state index is 13.7. The van der Waals surface area contributed by atoms with Gasteiger partial charge in [-0.3, -0.25) is 9.59 Å². The molecule has 2 aliphatic rings. The van der Waals surface area contributed by atoms with E-state index in [1.165, 1.54) is 11.0 Å². The van der Waals surface area contributed by atoms with Gasteiger partial charge in [0.25, 0.3) is 5.56 Å². The van der Waals surface area contributed by atoms with Gasteiger partial charge in [0.05, 0.1) is 13.1 Å². The molecular formula is C21H23F2N3O5S. The van der Waals surface area contributed by atoms with E-state index in [1.54, 1.807) is 10.6 Å². The van der Waals surface area contributed by atoms with Crippen molar-refractivity contribution in [2.75, 3.05) is 19.6 Å². The summed E-state index contributed by atoms with van der Waals surface area (Å²) in [6.45, 7) is 2.17. The number of likely N-dealkylation sites (tertiary alicyclic amines) is 1. The molecule has 0 spiro atoms. The molecule has 1 aromatic carbocycles. The quantitative estimate of drug-likeness (QED) is 0.638. The summed E-state index contributed by atoms with van der Waals surface area (Å²) in [5.74, 6) is -2.26. The lowest BCUT2D eigenvalue weighted by atomic mass is 10.1. The van der Waals surface area contributed by atoms with Gasteiger partial charge in [0.15, 0.2) is 4.90 Å². The van der Waals surface area contributed by atoms with Crippen LogP contribution in [0.5, 0.6) is 5.75 Å². The Hall–Kier alpha value is -2.79. The minimum atomic E-state index is -4.42. The zero-order chi connectivity index (χ0) is 23.0. The van der Waals surface area contributed by atoms with E-state index in [0.717, 1.165) is 36.7 Å². The number of halogens is 2. The van der Waals surface area contributed by atoms with Crippen LogP contribution in [-0.2, 0) is 14.8 Å². The smallest absolute Gasteiger partial charge is 0.254 e. The maximum absolute atomic E-state index is 13.7. The summed E-state index contributed by atoms with van der Waals surface area (Å²) in [6.07, 6.45) is 1.58. The summed E-state index contributed by atoms with van der Waals surface area (Å²) in [5, 5.41) is 0. The lowest BCUT2D eigenvalue weighted by molar-refractivity contribution is -0.139. The highest BCUT2D eigenvalue weighted by molar-refractivity contribution is 7.89. The van der Waals surface area contributed by atoms with Crippen molar-refractivity contribution >= 4 is 15.9 Å². The number of hydrogen-bond acceptors (Lipinski definition) is 5. The SMILES string of the molecule is Cc1cc(OC2CN(C(=O)CCNS(=O)(=O)c3c(F)cccc3F)C2)cc(=O)n1C1CC1. The number of hydrogen-bond donors (Lipinski definition) is 1. The fourth-order valence-corrected chi connectivity index (χ4v) is 4.89. The van der Waals surface area contributed by atoms with E-state index in [4.69, 9.17) is 4.74 Å². The van der Waals surface area contributed by atoms with Crippen molar-refractivity contribution in [2.24, 2.45) is 0 Å². The topological polar surface area (TPSA) is 97.7 Å². The van der Waals surface area contributed by atoms with Crippen LogP contribution in [0.1, 0.15) is 31.0 Å². The highest BCUT2D eigenvalue weighted by Crippen LogP contribution is 2.35. The average Bonchev–Trinajstić information content (AvgIpc) is 3.48. The Kier molecular flexibility index (Phi) is 6.04. The Balaban J connectivity index is 1.25. The Morgan fingerprint density at radius 3 is 2.44 bits per heavy atom. The zero-order valence-corrected chi connectivity index (χ0v) is 18.2. The first kappa shape index (κ1) is 22.4. The minimum Gasteiger partial charge on any atom is -0.486 e. The fraction of sp³-hybridized carbons (Fsp3) is 0.429. The molecule has 11 heteroatoms. The molecule has 0 radical (unpaired) electrons. The van der Waals surface area contributed by atoms with Gasteiger partial charge in [-0.2, -0.15) is 0 Å². The fourth-order valence-electron chi connectivity index (χ4n) is 3.72. The molecule has 0 unspecified atom stereocenters. The van der Waals surface area contributed by atoms with Crippen molar-refractivity contribution in [3.63, 3.8) is 0 Å². The van der Waals surface area contributed by atoms with Crippen molar-refractivity contribution in [1.29, 1.82) is 0 Å². The Labute approximate surface area is 183 Å². The molecule has 1 aromatic heterocycles. The van der Waals surface area contributed by atoms with Crippen LogP contribution in [0.15, 0.2) is 40.0 Å². The van der Waals surface area contributed by atoms with E-state index in [0.29, 0.717) is 18.8 Å². The van der Waals surface area contributed by atoms with Gasteiger partial charge in [-0.1, -0.05) is 6.07 Å². The highest BCUT2D eigenvalue weighted by Gasteiger charge is 2.33. The number of aryl methyl sites for hydroxylation is 1. The Morgan fingerprint density at radius 2 is 1.84 bits per heavy atom. The molecule has 2 aromatic rings. The zero-order valence-electron chi connectivity index (χ0n) is 17.4. The lowest BCUT2D eigenvalue weighted by Crippen LogP contribution is -2.56. The molecule has 0 bridgehead atoms. The van der Waals surface area contributed by atoms with Crippen LogP contribution in [0.2, 0.25) is 0 Å². The Bertz CT molecular complexity index is 1180. The predicted octanol–water partition coefficient (Wildman–Crippen LogP) is 1.73. The summed E-state index contributed by atoms with van der Waals surface area (Å²) in [6, 6.07) is 6.29. The molecule has 2 fully saturated rings. The van der Waals surface area contributed by atoms with Crippen LogP contribution in [-0.4, -0.2) is 49.5 Å². The van der Waals surface area contributed by atoms with Crippen LogP contribution >= 0.6 is 0 Å². The van der Waals surface area contributed by atoms with Gasteiger partial charge < -0.3 is 14.2 Å². The molecule has 1 N–H and O–H groups in total. The van der Waals surface area contributed by atoms with Crippen molar-refractivity contribution in [2.45, 2.75) is 43.2 Å². The number of nitrogens with zero attached hydrogens (tertiary/aromatic N) is 2. The number of benzene rings is 1. The molecule has 4 rings (SSSR count). The third kappa shape index (κ3) is 4.68. The number of rotatable bonds is 8. The van der Waals surface area contributed by atoms with Crippen LogP contribution < -0.4 is 15.0 Å². The van der Waals surface area contributed by atoms with E-state index in [2.05, 4.69) is 4.72 Å². The first-order valence-corrected chi connectivity index (χ1v) is 11.8. The van der Waals surface area contributed by atoms with Gasteiger partial charge in [-0.25, -0.2) is 21.9 Å². The summed E-state index contributed by atoms with van der Waals surface area (Å²) in [7, 11) is -4.42. The van der Waals surface area contributed by atoms with E-state index in [1.807, 2.05) is 6.92 Å². The maximum Gasteiger partial charge on any atom is 0.254 e. The molecule has 1 saturated heterocycles. The third-order valence-electron chi connectivity index (χ3n) is 5.47. The monoisotopic (exact) mass is 467 g/mol. The van der Waals surface area contributed by atoms with Crippen LogP contribution in [0, 0.1) is 18.6 Å². The second-order valence-corrected chi connectivity index (χ2v) is 9.71. The molecule has 2 heterocycles. The van der Waals surface area contributed by atoms with Crippen LogP contribution in [0.25, 0.3) is 0 Å². The number of aromatic nitrogens is 1. The number of pyridine rings is 1. The molecule has 1 aliphatic heterocycles. The van der Waals surface area contributed by atoms with Crippen molar-refractivity contribution in [3.8, 4) is 5.75 Å². The normalized spacial score (nSPS) is 16.7. The molecule has 1 aliphatic carbocycles. The largest absolute Gasteiger partial charge is 0.486 e. The van der Waals surface area contributed by atoms with E-state index in [-0.39, 0.29) is 36.6 Å². The molecule has 1 amide bonds. The number of amides is 1. The van der Waals surface area contributed by atoms with E-state index in [9.17, 15) is 26.8 Å². The molecule has 8 nitrogen and oxygen atoms in total. The van der Waals surface area contributed by atoms with E-state index >= 15 is 0 Å². The standard InChI is InChI=1S/C21H23F2N3O5S/c1-13-9-15(10-20(28)26(13)14-5-6-14)31-16-11-25(12-16)19(27)7-8-24-32(29,30)21-17(22)3-2-4-18(21)23/h2-4,9-10,14,16,24H,5-8,11-12H2,1H3.